The molecule has 1 amide bonds. The number of aromatic amines is 2. The van der Waals surface area contributed by atoms with Gasteiger partial charge < -0.3 is 5.32 Å². The largest absolute Gasteiger partial charge is 0.321 e. The van der Waals surface area contributed by atoms with E-state index in [9.17, 15) is 4.79 Å². The molecule has 0 saturated carbocycles. The maximum absolute atomic E-state index is 12.3. The summed E-state index contributed by atoms with van der Waals surface area (Å²) in [4.78, 5) is 13.5. The zero-order valence-corrected chi connectivity index (χ0v) is 14.3. The van der Waals surface area contributed by atoms with E-state index in [4.69, 9.17) is 0 Å². The summed E-state index contributed by atoms with van der Waals surface area (Å²) < 4.78 is 1.22. The lowest BCUT2D eigenvalue weighted by molar-refractivity contribution is 0.102. The van der Waals surface area contributed by atoms with Crippen LogP contribution < -0.4 is 5.32 Å². The standard InChI is InChI=1S/C19H13N5OS/c25-19(15-5-6-20-23-15)22-13-7-12-10-21-24-18(12)14(9-13)17-8-11-3-1-2-4-16(11)26-17/h1-10H,(H,20,23)(H,21,24)(H,22,25). The van der Waals surface area contributed by atoms with Gasteiger partial charge in [0.05, 0.1) is 11.7 Å². The first-order valence-corrected chi connectivity index (χ1v) is 8.86. The number of nitrogens with zero attached hydrogens (tertiary/aromatic N) is 2. The summed E-state index contributed by atoms with van der Waals surface area (Å²) in [5.74, 6) is -0.229. The molecule has 3 aromatic heterocycles. The van der Waals surface area contributed by atoms with Gasteiger partial charge in [0.25, 0.3) is 5.91 Å². The molecule has 0 aliphatic rings. The van der Waals surface area contributed by atoms with Gasteiger partial charge in [-0.15, -0.1) is 11.3 Å². The third-order valence-corrected chi connectivity index (χ3v) is 5.39. The highest BCUT2D eigenvalue weighted by molar-refractivity contribution is 7.22. The fourth-order valence-electron chi connectivity index (χ4n) is 3.02. The molecule has 0 aliphatic heterocycles. The maximum atomic E-state index is 12.3. The predicted octanol–water partition coefficient (Wildman–Crippen LogP) is 4.42. The highest BCUT2D eigenvalue weighted by Crippen LogP contribution is 2.38. The first kappa shape index (κ1) is 14.9. The van der Waals surface area contributed by atoms with E-state index < -0.39 is 0 Å². The molecule has 0 aliphatic carbocycles. The number of aromatic nitrogens is 4. The van der Waals surface area contributed by atoms with E-state index in [1.807, 2.05) is 24.3 Å². The van der Waals surface area contributed by atoms with Gasteiger partial charge in [0.15, 0.2) is 0 Å². The van der Waals surface area contributed by atoms with Crippen molar-refractivity contribution in [2.45, 2.75) is 0 Å². The fourth-order valence-corrected chi connectivity index (χ4v) is 4.10. The van der Waals surface area contributed by atoms with Gasteiger partial charge >= 0.3 is 0 Å². The van der Waals surface area contributed by atoms with Crippen molar-refractivity contribution in [1.29, 1.82) is 0 Å². The Kier molecular flexibility index (Phi) is 3.32. The van der Waals surface area contributed by atoms with Crippen LogP contribution in [0.15, 0.2) is 60.9 Å². The number of thiophene rings is 1. The van der Waals surface area contributed by atoms with Gasteiger partial charge in [0.2, 0.25) is 0 Å². The molecule has 5 rings (SSSR count). The highest BCUT2D eigenvalue weighted by atomic mass is 32.1. The minimum Gasteiger partial charge on any atom is -0.321 e. The number of hydrogen-bond acceptors (Lipinski definition) is 4. The SMILES string of the molecule is O=C(Nc1cc(-c2cc3ccccc3s2)c2[nH]ncc2c1)c1ccn[nH]1. The van der Waals surface area contributed by atoms with Crippen LogP contribution in [0.4, 0.5) is 5.69 Å². The second-order valence-corrected chi connectivity index (χ2v) is 7.01. The Morgan fingerprint density at radius 2 is 1.92 bits per heavy atom. The Morgan fingerprint density at radius 1 is 1.00 bits per heavy atom. The van der Waals surface area contributed by atoms with Crippen LogP contribution in [-0.4, -0.2) is 26.3 Å². The Balaban J connectivity index is 1.62. The number of fused-ring (bicyclic) bond motifs is 2. The molecule has 2 aromatic carbocycles. The molecule has 3 N–H and O–H groups in total. The molecule has 0 bridgehead atoms. The number of carbonyl (C=O) groups excluding carboxylic acids is 1. The minimum absolute atomic E-state index is 0.229. The Hall–Kier alpha value is -3.45. The monoisotopic (exact) mass is 359 g/mol. The van der Waals surface area contributed by atoms with Crippen molar-refractivity contribution in [3.05, 3.63) is 66.6 Å². The van der Waals surface area contributed by atoms with Crippen molar-refractivity contribution in [1.82, 2.24) is 20.4 Å². The van der Waals surface area contributed by atoms with Crippen molar-refractivity contribution in [3.63, 3.8) is 0 Å². The van der Waals surface area contributed by atoms with E-state index >= 15 is 0 Å². The number of anilines is 1. The summed E-state index contributed by atoms with van der Waals surface area (Å²) in [5.41, 5.74) is 3.10. The molecule has 0 spiro atoms. The van der Waals surface area contributed by atoms with E-state index in [0.29, 0.717) is 11.4 Å². The number of rotatable bonds is 3. The van der Waals surface area contributed by atoms with Crippen molar-refractivity contribution < 1.29 is 4.79 Å². The molecule has 3 heterocycles. The minimum atomic E-state index is -0.229. The van der Waals surface area contributed by atoms with Crippen LogP contribution in [-0.2, 0) is 0 Å². The normalized spacial score (nSPS) is 11.2. The van der Waals surface area contributed by atoms with Gasteiger partial charge in [0, 0.05) is 32.4 Å². The van der Waals surface area contributed by atoms with Crippen molar-refractivity contribution in [3.8, 4) is 10.4 Å². The summed E-state index contributed by atoms with van der Waals surface area (Å²) in [6.45, 7) is 0. The first-order valence-electron chi connectivity index (χ1n) is 8.05. The summed E-state index contributed by atoms with van der Waals surface area (Å²) in [7, 11) is 0. The topological polar surface area (TPSA) is 86.5 Å². The quantitative estimate of drug-likeness (QED) is 0.446. The van der Waals surface area contributed by atoms with E-state index in [-0.39, 0.29) is 5.91 Å². The first-order chi connectivity index (χ1) is 12.8. The lowest BCUT2D eigenvalue weighted by atomic mass is 10.1. The smallest absolute Gasteiger partial charge is 0.273 e. The van der Waals surface area contributed by atoms with Crippen molar-refractivity contribution >= 4 is 43.9 Å². The van der Waals surface area contributed by atoms with Gasteiger partial charge in [-0.2, -0.15) is 10.2 Å². The molecule has 0 radical (unpaired) electrons. The van der Waals surface area contributed by atoms with Crippen LogP contribution in [0.3, 0.4) is 0 Å². The number of H-pyrrole nitrogens is 2. The molecule has 7 heteroatoms. The number of amides is 1. The zero-order chi connectivity index (χ0) is 17.5. The van der Waals surface area contributed by atoms with Crippen LogP contribution in [0.25, 0.3) is 31.4 Å². The summed E-state index contributed by atoms with van der Waals surface area (Å²) in [6, 6.07) is 16.0. The van der Waals surface area contributed by atoms with Gasteiger partial charge in [-0.1, -0.05) is 18.2 Å². The summed E-state index contributed by atoms with van der Waals surface area (Å²) >= 11 is 1.72. The molecule has 126 valence electrons. The van der Waals surface area contributed by atoms with E-state index in [1.54, 1.807) is 29.8 Å². The molecular formula is C19H13N5OS. The van der Waals surface area contributed by atoms with Crippen LogP contribution in [0.1, 0.15) is 10.5 Å². The van der Waals surface area contributed by atoms with Gasteiger partial charge in [-0.25, -0.2) is 0 Å². The Morgan fingerprint density at radius 3 is 2.77 bits per heavy atom. The number of nitrogens with one attached hydrogen (secondary N) is 3. The molecule has 26 heavy (non-hydrogen) atoms. The van der Waals surface area contributed by atoms with Crippen molar-refractivity contribution in [2.75, 3.05) is 5.32 Å². The fraction of sp³-hybridized carbons (Fsp3) is 0. The molecule has 5 aromatic rings. The molecule has 0 atom stereocenters. The van der Waals surface area contributed by atoms with Crippen LogP contribution in [0, 0.1) is 0 Å². The van der Waals surface area contributed by atoms with E-state index in [1.165, 1.54) is 10.1 Å². The number of carbonyl (C=O) groups is 1. The third-order valence-electron chi connectivity index (χ3n) is 4.24. The number of hydrogen-bond donors (Lipinski definition) is 3. The Bertz CT molecular complexity index is 1200. The second kappa shape index (κ2) is 5.82. The van der Waals surface area contributed by atoms with Gasteiger partial charge in [-0.05, 0) is 35.7 Å². The molecule has 0 unspecified atom stereocenters. The average molecular weight is 359 g/mol. The Labute approximate surface area is 151 Å². The molecule has 0 fully saturated rings. The molecule has 0 saturated heterocycles. The van der Waals surface area contributed by atoms with E-state index in [0.717, 1.165) is 21.3 Å². The van der Waals surface area contributed by atoms with Gasteiger partial charge in [-0.3, -0.25) is 15.0 Å². The lowest BCUT2D eigenvalue weighted by Crippen LogP contribution is -2.12. The van der Waals surface area contributed by atoms with Crippen LogP contribution in [0.5, 0.6) is 0 Å². The van der Waals surface area contributed by atoms with Gasteiger partial charge in [0.1, 0.15) is 5.69 Å². The number of benzene rings is 2. The van der Waals surface area contributed by atoms with Crippen LogP contribution >= 0.6 is 11.3 Å². The zero-order valence-electron chi connectivity index (χ0n) is 13.5. The maximum Gasteiger partial charge on any atom is 0.273 e. The summed E-state index contributed by atoms with van der Waals surface area (Å²) in [5, 5.41) is 18.8. The van der Waals surface area contributed by atoms with E-state index in [2.05, 4.69) is 43.9 Å². The molecular weight excluding hydrogens is 346 g/mol. The second-order valence-electron chi connectivity index (χ2n) is 5.93. The highest BCUT2D eigenvalue weighted by Gasteiger charge is 2.14. The predicted molar refractivity (Wildman–Crippen MR) is 103 cm³/mol. The molecule has 6 nitrogen and oxygen atoms in total. The lowest BCUT2D eigenvalue weighted by Gasteiger charge is -2.07. The van der Waals surface area contributed by atoms with Crippen LogP contribution in [0.2, 0.25) is 0 Å². The third kappa shape index (κ3) is 2.46. The van der Waals surface area contributed by atoms with Crippen molar-refractivity contribution in [2.24, 2.45) is 0 Å². The average Bonchev–Trinajstić information content (AvgIpc) is 3.39. The summed E-state index contributed by atoms with van der Waals surface area (Å²) in [6.07, 6.45) is 3.31.